The third kappa shape index (κ3) is 3.52. The zero-order valence-electron chi connectivity index (χ0n) is 10.6. The van der Waals surface area contributed by atoms with E-state index >= 15 is 0 Å². The van der Waals surface area contributed by atoms with Gasteiger partial charge in [-0.1, -0.05) is 12.2 Å². The molecule has 0 aliphatic heterocycles. The minimum Gasteiger partial charge on any atom is -0.439 e. The van der Waals surface area contributed by atoms with Crippen molar-refractivity contribution in [2.45, 2.75) is 4.90 Å². The van der Waals surface area contributed by atoms with Crippen molar-refractivity contribution in [2.75, 3.05) is 6.26 Å². The minimum atomic E-state index is -3.21. The first-order chi connectivity index (χ1) is 9.36. The highest BCUT2D eigenvalue weighted by Crippen LogP contribution is 2.21. The molecular weight excluding hydrogens is 296 g/mol. The molecule has 0 atom stereocenters. The molecule has 7 heteroatoms. The van der Waals surface area contributed by atoms with E-state index in [2.05, 4.69) is 4.98 Å². The number of rotatable bonds is 4. The van der Waals surface area contributed by atoms with Crippen LogP contribution >= 0.6 is 12.2 Å². The summed E-state index contributed by atoms with van der Waals surface area (Å²) in [6.07, 6.45) is 2.67. The fourth-order valence-electron chi connectivity index (χ4n) is 1.46. The van der Waals surface area contributed by atoms with Crippen LogP contribution in [0.3, 0.4) is 0 Å². The van der Waals surface area contributed by atoms with E-state index < -0.39 is 9.84 Å². The van der Waals surface area contributed by atoms with Crippen LogP contribution in [0.15, 0.2) is 47.5 Å². The number of hydrogen-bond acceptors (Lipinski definition) is 5. The Labute approximate surface area is 122 Å². The monoisotopic (exact) mass is 308 g/mol. The summed E-state index contributed by atoms with van der Waals surface area (Å²) in [6.45, 7) is 0. The van der Waals surface area contributed by atoms with Gasteiger partial charge in [0, 0.05) is 24.1 Å². The van der Waals surface area contributed by atoms with Crippen molar-refractivity contribution in [1.82, 2.24) is 4.98 Å². The number of aromatic nitrogens is 1. The van der Waals surface area contributed by atoms with Crippen LogP contribution in [-0.2, 0) is 9.84 Å². The van der Waals surface area contributed by atoms with E-state index in [1.807, 2.05) is 0 Å². The third-order valence-corrected chi connectivity index (χ3v) is 3.86. The van der Waals surface area contributed by atoms with E-state index in [1.165, 1.54) is 18.3 Å². The zero-order chi connectivity index (χ0) is 14.8. The maximum Gasteiger partial charge on any atom is 0.219 e. The van der Waals surface area contributed by atoms with Gasteiger partial charge in [0.25, 0.3) is 0 Å². The number of benzene rings is 1. The molecule has 2 aromatic rings. The van der Waals surface area contributed by atoms with Crippen LogP contribution in [0.25, 0.3) is 0 Å². The normalized spacial score (nSPS) is 11.1. The van der Waals surface area contributed by atoms with E-state index in [0.717, 1.165) is 6.26 Å². The highest BCUT2D eigenvalue weighted by atomic mass is 32.2. The number of hydrogen-bond donors (Lipinski definition) is 1. The van der Waals surface area contributed by atoms with Gasteiger partial charge >= 0.3 is 0 Å². The Morgan fingerprint density at radius 1 is 1.20 bits per heavy atom. The fraction of sp³-hybridized carbons (Fsp3) is 0.0769. The minimum absolute atomic E-state index is 0.238. The molecule has 2 rings (SSSR count). The number of nitrogens with two attached hydrogens (primary N) is 1. The highest BCUT2D eigenvalue weighted by Gasteiger charge is 2.07. The van der Waals surface area contributed by atoms with Crippen molar-refractivity contribution in [1.29, 1.82) is 0 Å². The Hall–Kier alpha value is -1.99. The van der Waals surface area contributed by atoms with Gasteiger partial charge in [0.05, 0.1) is 4.90 Å². The summed E-state index contributed by atoms with van der Waals surface area (Å²) in [5.41, 5.74) is 6.12. The van der Waals surface area contributed by atoms with Crippen LogP contribution in [0, 0.1) is 0 Å². The molecule has 0 spiro atoms. The molecule has 0 aliphatic rings. The molecule has 2 N–H and O–H groups in total. The molecule has 1 heterocycles. The first-order valence-corrected chi connectivity index (χ1v) is 7.90. The molecule has 0 saturated carbocycles. The number of nitrogens with zero attached hydrogens (tertiary/aromatic N) is 1. The lowest BCUT2D eigenvalue weighted by molar-refractivity contribution is 0.462. The SMILES string of the molecule is CS(=O)(=O)c1ccc(Oc2ccc(C(N)=S)cn2)cc1. The summed E-state index contributed by atoms with van der Waals surface area (Å²) >= 11 is 4.82. The molecule has 20 heavy (non-hydrogen) atoms. The summed E-state index contributed by atoms with van der Waals surface area (Å²) in [7, 11) is -3.21. The summed E-state index contributed by atoms with van der Waals surface area (Å²) in [5, 5.41) is 0. The average Bonchev–Trinajstić information content (AvgIpc) is 2.39. The van der Waals surface area contributed by atoms with E-state index in [0.29, 0.717) is 17.2 Å². The van der Waals surface area contributed by atoms with Crippen LogP contribution in [-0.4, -0.2) is 24.6 Å². The first kappa shape index (κ1) is 14.4. The van der Waals surface area contributed by atoms with Crippen molar-refractivity contribution >= 4 is 27.0 Å². The Bertz CT molecular complexity index is 723. The van der Waals surface area contributed by atoms with E-state index in [1.54, 1.807) is 24.3 Å². The topological polar surface area (TPSA) is 82.3 Å². The molecule has 5 nitrogen and oxygen atoms in total. The second-order valence-corrected chi connectivity index (χ2v) is 6.55. The van der Waals surface area contributed by atoms with Crippen molar-refractivity contribution in [3.05, 3.63) is 48.2 Å². The lowest BCUT2D eigenvalue weighted by atomic mass is 10.3. The van der Waals surface area contributed by atoms with Crippen molar-refractivity contribution in [3.63, 3.8) is 0 Å². The van der Waals surface area contributed by atoms with Gasteiger partial charge in [0.15, 0.2) is 9.84 Å². The molecule has 0 saturated heterocycles. The standard InChI is InChI=1S/C13H12N2O3S2/c1-20(16,17)11-5-3-10(4-6-11)18-12-7-2-9(8-15-12)13(14)19/h2-8H,1H3,(H2,14,19). The number of thiocarbonyl (C=S) groups is 1. The predicted octanol–water partition coefficient (Wildman–Crippen LogP) is 1.91. The number of pyridine rings is 1. The van der Waals surface area contributed by atoms with Crippen LogP contribution in [0.2, 0.25) is 0 Å². The molecule has 0 fully saturated rings. The van der Waals surface area contributed by atoms with Crippen molar-refractivity contribution in [3.8, 4) is 11.6 Å². The van der Waals surface area contributed by atoms with Crippen molar-refractivity contribution in [2.24, 2.45) is 5.73 Å². The van der Waals surface area contributed by atoms with Gasteiger partial charge in [-0.15, -0.1) is 0 Å². The highest BCUT2D eigenvalue weighted by molar-refractivity contribution is 7.90. The van der Waals surface area contributed by atoms with Gasteiger partial charge in [-0.25, -0.2) is 13.4 Å². The first-order valence-electron chi connectivity index (χ1n) is 5.60. The second-order valence-electron chi connectivity index (χ2n) is 4.09. The van der Waals surface area contributed by atoms with E-state index in [-0.39, 0.29) is 9.88 Å². The van der Waals surface area contributed by atoms with Gasteiger partial charge in [0.1, 0.15) is 10.7 Å². The van der Waals surface area contributed by atoms with Crippen LogP contribution in [0.4, 0.5) is 0 Å². The molecule has 1 aromatic carbocycles. The predicted molar refractivity (Wildman–Crippen MR) is 79.8 cm³/mol. The number of ether oxygens (including phenoxy) is 1. The van der Waals surface area contributed by atoms with Crippen LogP contribution in [0.5, 0.6) is 11.6 Å². The lowest BCUT2D eigenvalue weighted by Gasteiger charge is -2.06. The maximum absolute atomic E-state index is 11.3. The smallest absolute Gasteiger partial charge is 0.219 e. The average molecular weight is 308 g/mol. The van der Waals surface area contributed by atoms with Gasteiger partial charge in [-0.05, 0) is 30.3 Å². The Kier molecular flexibility index (Phi) is 4.01. The molecular formula is C13H12N2O3S2. The van der Waals surface area contributed by atoms with Gasteiger partial charge in [-0.2, -0.15) is 0 Å². The van der Waals surface area contributed by atoms with Crippen LogP contribution < -0.4 is 10.5 Å². The number of sulfone groups is 1. The van der Waals surface area contributed by atoms with Gasteiger partial charge in [0.2, 0.25) is 5.88 Å². The molecule has 0 unspecified atom stereocenters. The second kappa shape index (κ2) is 5.56. The lowest BCUT2D eigenvalue weighted by Crippen LogP contribution is -2.09. The van der Waals surface area contributed by atoms with Crippen LogP contribution in [0.1, 0.15) is 5.56 Å². The molecule has 0 aliphatic carbocycles. The van der Waals surface area contributed by atoms with Crippen molar-refractivity contribution < 1.29 is 13.2 Å². The largest absolute Gasteiger partial charge is 0.439 e. The molecule has 0 radical (unpaired) electrons. The molecule has 1 aromatic heterocycles. The Morgan fingerprint density at radius 3 is 2.30 bits per heavy atom. The third-order valence-electron chi connectivity index (χ3n) is 2.50. The molecule has 0 bridgehead atoms. The zero-order valence-corrected chi connectivity index (χ0v) is 12.2. The Morgan fingerprint density at radius 2 is 1.85 bits per heavy atom. The Balaban J connectivity index is 2.16. The summed E-state index contributed by atoms with van der Waals surface area (Å²) in [5.74, 6) is 0.866. The van der Waals surface area contributed by atoms with Gasteiger partial charge < -0.3 is 10.5 Å². The summed E-state index contributed by atoms with van der Waals surface area (Å²) < 4.78 is 28.1. The summed E-state index contributed by atoms with van der Waals surface area (Å²) in [4.78, 5) is 4.56. The molecule has 0 amide bonds. The van der Waals surface area contributed by atoms with E-state index in [9.17, 15) is 8.42 Å². The fourth-order valence-corrected chi connectivity index (χ4v) is 2.21. The molecule has 104 valence electrons. The van der Waals surface area contributed by atoms with E-state index in [4.69, 9.17) is 22.7 Å². The van der Waals surface area contributed by atoms with Gasteiger partial charge in [-0.3, -0.25) is 0 Å². The maximum atomic E-state index is 11.3. The quantitative estimate of drug-likeness (QED) is 0.869. The summed E-state index contributed by atoms with van der Waals surface area (Å²) in [6, 6.07) is 9.44.